The standard InChI is InChI=1S/C25H27N3O5S/c29-25(26-23-7-3-5-19-4-1-2-6-21(19)23)22-18-20(34(30,31)28-12-16-33-17-13-28)8-9-24(22)27-10-14-32-15-11-27/h1-9,18H,10-17H2,(H,26,29). The van der Waals surface area contributed by atoms with E-state index in [4.69, 9.17) is 9.47 Å². The minimum atomic E-state index is -3.74. The molecule has 0 radical (unpaired) electrons. The summed E-state index contributed by atoms with van der Waals surface area (Å²) >= 11 is 0. The van der Waals surface area contributed by atoms with E-state index in [1.54, 1.807) is 12.1 Å². The highest BCUT2D eigenvalue weighted by atomic mass is 32.2. The number of ether oxygens (including phenoxy) is 2. The molecule has 1 amide bonds. The van der Waals surface area contributed by atoms with Crippen molar-refractivity contribution in [2.75, 3.05) is 62.8 Å². The number of hydrogen-bond acceptors (Lipinski definition) is 6. The monoisotopic (exact) mass is 481 g/mol. The Hall–Kier alpha value is -2.98. The highest BCUT2D eigenvalue weighted by Gasteiger charge is 2.29. The second-order valence-corrected chi connectivity index (χ2v) is 10.2. The third kappa shape index (κ3) is 4.52. The maximum Gasteiger partial charge on any atom is 0.257 e. The molecule has 1 N–H and O–H groups in total. The average molecular weight is 482 g/mol. The summed E-state index contributed by atoms with van der Waals surface area (Å²) in [6.45, 7) is 3.68. The van der Waals surface area contributed by atoms with E-state index in [0.717, 1.165) is 10.8 Å². The number of nitrogens with one attached hydrogen (secondary N) is 1. The van der Waals surface area contributed by atoms with Crippen LogP contribution in [-0.2, 0) is 19.5 Å². The molecule has 2 heterocycles. The van der Waals surface area contributed by atoms with E-state index in [2.05, 4.69) is 10.2 Å². The maximum atomic E-state index is 13.6. The molecule has 2 saturated heterocycles. The Balaban J connectivity index is 1.53. The largest absolute Gasteiger partial charge is 0.379 e. The zero-order chi connectivity index (χ0) is 23.5. The van der Waals surface area contributed by atoms with Crippen molar-refractivity contribution in [2.24, 2.45) is 0 Å². The van der Waals surface area contributed by atoms with Gasteiger partial charge in [-0.05, 0) is 29.7 Å². The summed E-state index contributed by atoms with van der Waals surface area (Å²) in [6, 6.07) is 18.4. The average Bonchev–Trinajstić information content (AvgIpc) is 2.89. The van der Waals surface area contributed by atoms with Crippen LogP contribution in [0.15, 0.2) is 65.6 Å². The fourth-order valence-electron chi connectivity index (χ4n) is 4.40. The Morgan fingerprint density at radius 3 is 2.26 bits per heavy atom. The van der Waals surface area contributed by atoms with Gasteiger partial charge in [-0.3, -0.25) is 4.79 Å². The second kappa shape index (κ2) is 9.71. The summed E-state index contributed by atoms with van der Waals surface area (Å²) in [5, 5.41) is 4.94. The van der Waals surface area contributed by atoms with Crippen LogP contribution in [0.25, 0.3) is 10.8 Å². The number of anilines is 2. The molecule has 0 atom stereocenters. The number of fused-ring (bicyclic) bond motifs is 1. The van der Waals surface area contributed by atoms with Gasteiger partial charge in [-0.2, -0.15) is 4.31 Å². The van der Waals surface area contributed by atoms with E-state index in [-0.39, 0.29) is 10.8 Å². The molecule has 3 aromatic rings. The van der Waals surface area contributed by atoms with Crippen molar-refractivity contribution in [2.45, 2.75) is 4.90 Å². The molecule has 2 aliphatic heterocycles. The van der Waals surface area contributed by atoms with Gasteiger partial charge in [0.1, 0.15) is 0 Å². The number of sulfonamides is 1. The molecule has 2 aliphatic rings. The van der Waals surface area contributed by atoms with Crippen molar-refractivity contribution in [3.8, 4) is 0 Å². The van der Waals surface area contributed by atoms with Crippen LogP contribution in [0.2, 0.25) is 0 Å². The summed E-state index contributed by atoms with van der Waals surface area (Å²) in [6.07, 6.45) is 0. The van der Waals surface area contributed by atoms with Crippen molar-refractivity contribution < 1.29 is 22.7 Å². The van der Waals surface area contributed by atoms with Crippen LogP contribution >= 0.6 is 0 Å². The van der Waals surface area contributed by atoms with Crippen molar-refractivity contribution in [3.05, 3.63) is 66.2 Å². The zero-order valence-electron chi connectivity index (χ0n) is 18.8. The Morgan fingerprint density at radius 2 is 1.50 bits per heavy atom. The van der Waals surface area contributed by atoms with Gasteiger partial charge in [-0.15, -0.1) is 0 Å². The van der Waals surface area contributed by atoms with E-state index in [0.29, 0.717) is 69.5 Å². The summed E-state index contributed by atoms with van der Waals surface area (Å²) in [4.78, 5) is 15.7. The van der Waals surface area contributed by atoms with Gasteiger partial charge >= 0.3 is 0 Å². The van der Waals surface area contributed by atoms with Crippen LogP contribution in [0, 0.1) is 0 Å². The lowest BCUT2D eigenvalue weighted by Gasteiger charge is -2.31. The molecule has 8 nitrogen and oxygen atoms in total. The lowest BCUT2D eigenvalue weighted by Crippen LogP contribution is -2.41. The topological polar surface area (TPSA) is 88.2 Å². The van der Waals surface area contributed by atoms with Gasteiger partial charge in [-0.1, -0.05) is 36.4 Å². The van der Waals surface area contributed by atoms with E-state index in [1.165, 1.54) is 10.4 Å². The number of nitrogens with zero attached hydrogens (tertiary/aromatic N) is 2. The SMILES string of the molecule is O=C(Nc1cccc2ccccc12)c1cc(S(=O)(=O)N2CCOCC2)ccc1N1CCOCC1. The van der Waals surface area contributed by atoms with Crippen LogP contribution in [0.1, 0.15) is 10.4 Å². The minimum Gasteiger partial charge on any atom is -0.379 e. The van der Waals surface area contributed by atoms with Gasteiger partial charge < -0.3 is 19.7 Å². The van der Waals surface area contributed by atoms with Crippen LogP contribution < -0.4 is 10.2 Å². The molecule has 9 heteroatoms. The molecule has 0 aliphatic carbocycles. The molecule has 0 unspecified atom stereocenters. The maximum absolute atomic E-state index is 13.6. The molecule has 178 valence electrons. The number of carbonyl (C=O) groups is 1. The first kappa shape index (κ1) is 22.8. The summed E-state index contributed by atoms with van der Waals surface area (Å²) in [7, 11) is -3.74. The zero-order valence-corrected chi connectivity index (χ0v) is 19.6. The highest BCUT2D eigenvalue weighted by molar-refractivity contribution is 7.89. The smallest absolute Gasteiger partial charge is 0.257 e. The molecule has 3 aromatic carbocycles. The number of benzene rings is 3. The fraction of sp³-hybridized carbons (Fsp3) is 0.320. The third-order valence-electron chi connectivity index (χ3n) is 6.21. The molecular weight excluding hydrogens is 454 g/mol. The first-order chi connectivity index (χ1) is 16.5. The predicted octanol–water partition coefficient (Wildman–Crippen LogP) is 2.95. The van der Waals surface area contributed by atoms with Crippen molar-refractivity contribution in [3.63, 3.8) is 0 Å². The number of carbonyl (C=O) groups excluding carboxylic acids is 1. The molecule has 34 heavy (non-hydrogen) atoms. The molecule has 0 aromatic heterocycles. The molecule has 0 bridgehead atoms. The Morgan fingerprint density at radius 1 is 0.824 bits per heavy atom. The summed E-state index contributed by atoms with van der Waals surface area (Å²) in [5.74, 6) is -0.350. The first-order valence-electron chi connectivity index (χ1n) is 11.4. The number of hydrogen-bond donors (Lipinski definition) is 1. The molecule has 0 saturated carbocycles. The quantitative estimate of drug-likeness (QED) is 0.603. The van der Waals surface area contributed by atoms with E-state index in [1.807, 2.05) is 42.5 Å². The van der Waals surface area contributed by atoms with Crippen LogP contribution in [0.3, 0.4) is 0 Å². The lowest BCUT2D eigenvalue weighted by atomic mass is 10.1. The lowest BCUT2D eigenvalue weighted by molar-refractivity contribution is 0.0730. The summed E-state index contributed by atoms with van der Waals surface area (Å²) in [5.41, 5.74) is 1.70. The highest BCUT2D eigenvalue weighted by Crippen LogP contribution is 2.29. The number of morpholine rings is 2. The Labute approximate surface area is 199 Å². The van der Waals surface area contributed by atoms with Gasteiger partial charge in [0.05, 0.1) is 36.9 Å². The first-order valence-corrected chi connectivity index (χ1v) is 12.8. The third-order valence-corrected chi connectivity index (χ3v) is 8.10. The van der Waals surface area contributed by atoms with Gasteiger partial charge in [0, 0.05) is 42.9 Å². The van der Waals surface area contributed by atoms with Gasteiger partial charge in [0.15, 0.2) is 0 Å². The predicted molar refractivity (Wildman–Crippen MR) is 131 cm³/mol. The minimum absolute atomic E-state index is 0.106. The Kier molecular flexibility index (Phi) is 6.51. The number of amides is 1. The van der Waals surface area contributed by atoms with Crippen LogP contribution in [-0.4, -0.2) is 71.2 Å². The normalized spacial score (nSPS) is 17.6. The second-order valence-electron chi connectivity index (χ2n) is 8.28. The molecule has 5 rings (SSSR count). The summed E-state index contributed by atoms with van der Waals surface area (Å²) < 4.78 is 38.8. The van der Waals surface area contributed by atoms with E-state index in [9.17, 15) is 13.2 Å². The van der Waals surface area contributed by atoms with Crippen LogP contribution in [0.5, 0.6) is 0 Å². The fourth-order valence-corrected chi connectivity index (χ4v) is 5.83. The number of rotatable bonds is 5. The van der Waals surface area contributed by atoms with E-state index < -0.39 is 10.0 Å². The van der Waals surface area contributed by atoms with Gasteiger partial charge in [0.25, 0.3) is 5.91 Å². The van der Waals surface area contributed by atoms with Crippen LogP contribution in [0.4, 0.5) is 11.4 Å². The molecule has 2 fully saturated rings. The Bertz CT molecular complexity index is 1290. The van der Waals surface area contributed by atoms with Crippen molar-refractivity contribution in [1.29, 1.82) is 0 Å². The molecular formula is C25H27N3O5S. The van der Waals surface area contributed by atoms with E-state index >= 15 is 0 Å². The van der Waals surface area contributed by atoms with Gasteiger partial charge in [-0.25, -0.2) is 8.42 Å². The molecule has 0 spiro atoms. The van der Waals surface area contributed by atoms with Crippen molar-refractivity contribution >= 4 is 38.1 Å². The van der Waals surface area contributed by atoms with Crippen molar-refractivity contribution in [1.82, 2.24) is 4.31 Å². The van der Waals surface area contributed by atoms with Gasteiger partial charge in [0.2, 0.25) is 10.0 Å².